The van der Waals surface area contributed by atoms with Gasteiger partial charge in [0, 0.05) is 0 Å². The van der Waals surface area contributed by atoms with Gasteiger partial charge in [0.2, 0.25) is 0 Å². The Kier molecular flexibility index (Phi) is 3.69. The molecule has 12 heavy (non-hydrogen) atoms. The van der Waals surface area contributed by atoms with Gasteiger partial charge in [-0.1, -0.05) is 24.3 Å². The minimum atomic E-state index is 0.401. The van der Waals surface area contributed by atoms with E-state index in [2.05, 4.69) is 9.68 Å². The number of rotatable bonds is 4. The molecule has 0 aliphatic heterocycles. The zero-order valence-corrected chi connectivity index (χ0v) is 6.69. The van der Waals surface area contributed by atoms with Gasteiger partial charge < -0.3 is 0 Å². The van der Waals surface area contributed by atoms with Gasteiger partial charge in [-0.15, -0.1) is 0 Å². The predicted molar refractivity (Wildman–Crippen MR) is 44.4 cm³/mol. The summed E-state index contributed by atoms with van der Waals surface area (Å²) < 4.78 is 0. The average molecular weight is 168 g/mol. The summed E-state index contributed by atoms with van der Waals surface area (Å²) in [5.41, 5.74) is 2.01. The number of benzene rings is 1. The van der Waals surface area contributed by atoms with Gasteiger partial charge in [-0.2, -0.15) is 0 Å². The van der Waals surface area contributed by atoms with Crippen molar-refractivity contribution in [3.8, 4) is 0 Å². The van der Waals surface area contributed by atoms with Crippen molar-refractivity contribution in [3.63, 3.8) is 0 Å². The number of hydrogen-bond donors (Lipinski definition) is 2. The van der Waals surface area contributed by atoms with Gasteiger partial charge in [0.15, 0.2) is 0 Å². The first-order chi connectivity index (χ1) is 5.86. The molecule has 0 aliphatic rings. The van der Waals surface area contributed by atoms with E-state index >= 15 is 0 Å². The van der Waals surface area contributed by atoms with E-state index in [1.807, 2.05) is 24.3 Å². The van der Waals surface area contributed by atoms with Crippen LogP contribution in [0.2, 0.25) is 0 Å². The molecule has 0 saturated heterocycles. The molecule has 0 fully saturated rings. The molecule has 1 rings (SSSR count). The van der Waals surface area contributed by atoms with Gasteiger partial charge in [0.05, 0.1) is 13.2 Å². The molecule has 4 nitrogen and oxygen atoms in total. The van der Waals surface area contributed by atoms with Gasteiger partial charge in [0.25, 0.3) is 0 Å². The first kappa shape index (κ1) is 9.15. The topological polar surface area (TPSA) is 70.5 Å². The van der Waals surface area contributed by atoms with Gasteiger partial charge in [0.1, 0.15) is 0 Å². The first-order valence-electron chi connectivity index (χ1n) is 3.58. The van der Waals surface area contributed by atoms with Gasteiger partial charge in [-0.25, -0.2) is 11.8 Å². The lowest BCUT2D eigenvalue weighted by Gasteiger charge is -2.02. The summed E-state index contributed by atoms with van der Waals surface area (Å²) in [5, 5.41) is 0. The minimum Gasteiger partial charge on any atom is -0.300 e. The fourth-order valence-electron chi connectivity index (χ4n) is 1.00. The largest absolute Gasteiger partial charge is 0.300 e. The fraction of sp³-hybridized carbons (Fsp3) is 0.250. The smallest absolute Gasteiger partial charge is 0.0930 e. The van der Waals surface area contributed by atoms with Crippen molar-refractivity contribution in [3.05, 3.63) is 35.4 Å². The predicted octanol–water partition coefficient (Wildman–Crippen LogP) is 0.467. The van der Waals surface area contributed by atoms with Crippen molar-refractivity contribution < 1.29 is 9.68 Å². The lowest BCUT2D eigenvalue weighted by atomic mass is 10.1. The molecule has 1 aromatic rings. The van der Waals surface area contributed by atoms with Crippen LogP contribution in [0.1, 0.15) is 11.1 Å². The van der Waals surface area contributed by atoms with E-state index in [0.717, 1.165) is 11.1 Å². The molecule has 0 aromatic heterocycles. The van der Waals surface area contributed by atoms with Crippen molar-refractivity contribution >= 4 is 0 Å². The summed E-state index contributed by atoms with van der Waals surface area (Å²) in [5.74, 6) is 9.86. The number of nitrogens with two attached hydrogens (primary N) is 2. The third-order valence-corrected chi connectivity index (χ3v) is 1.49. The van der Waals surface area contributed by atoms with E-state index in [1.165, 1.54) is 0 Å². The normalized spacial score (nSPS) is 10.2. The third kappa shape index (κ3) is 2.60. The van der Waals surface area contributed by atoms with E-state index in [9.17, 15) is 0 Å². The maximum Gasteiger partial charge on any atom is 0.0930 e. The lowest BCUT2D eigenvalue weighted by molar-refractivity contribution is 0.120. The maximum atomic E-state index is 4.93. The van der Waals surface area contributed by atoms with Crippen LogP contribution in [0.5, 0.6) is 0 Å². The summed E-state index contributed by atoms with van der Waals surface area (Å²) in [6.07, 6.45) is 0. The van der Waals surface area contributed by atoms with Crippen molar-refractivity contribution in [1.82, 2.24) is 0 Å². The highest BCUT2D eigenvalue weighted by Gasteiger charge is 1.94. The van der Waals surface area contributed by atoms with Crippen LogP contribution in [0.25, 0.3) is 0 Å². The molecule has 0 radical (unpaired) electrons. The summed E-state index contributed by atoms with van der Waals surface area (Å²) in [7, 11) is 0. The Morgan fingerprint density at radius 1 is 1.00 bits per heavy atom. The Balaban J connectivity index is 2.67. The van der Waals surface area contributed by atoms with Crippen LogP contribution in [-0.4, -0.2) is 0 Å². The van der Waals surface area contributed by atoms with Gasteiger partial charge >= 0.3 is 0 Å². The highest BCUT2D eigenvalue weighted by atomic mass is 16.6. The molecular formula is C8H12N2O2. The number of hydrogen-bond acceptors (Lipinski definition) is 4. The Bertz CT molecular complexity index is 219. The highest BCUT2D eigenvalue weighted by molar-refractivity contribution is 5.22. The van der Waals surface area contributed by atoms with Gasteiger partial charge in [-0.05, 0) is 11.1 Å². The van der Waals surface area contributed by atoms with E-state index in [4.69, 9.17) is 11.8 Å². The molecule has 0 aliphatic carbocycles. The van der Waals surface area contributed by atoms with Gasteiger partial charge in [-0.3, -0.25) is 9.68 Å². The standard InChI is InChI=1S/C8H12N2O2/c9-11-5-7-2-1-3-8(4-7)6-12-10/h1-4H,5-6,9-10H2. The summed E-state index contributed by atoms with van der Waals surface area (Å²) in [6, 6.07) is 7.68. The highest BCUT2D eigenvalue weighted by Crippen LogP contribution is 2.06. The van der Waals surface area contributed by atoms with Crippen LogP contribution in [0.3, 0.4) is 0 Å². The quantitative estimate of drug-likeness (QED) is 0.641. The second-order valence-corrected chi connectivity index (χ2v) is 2.44. The summed E-state index contributed by atoms with van der Waals surface area (Å²) in [6.45, 7) is 0.802. The van der Waals surface area contributed by atoms with Crippen molar-refractivity contribution in [2.24, 2.45) is 11.8 Å². The molecule has 0 bridgehead atoms. The van der Waals surface area contributed by atoms with Crippen LogP contribution in [-0.2, 0) is 22.9 Å². The third-order valence-electron chi connectivity index (χ3n) is 1.49. The molecule has 0 heterocycles. The minimum absolute atomic E-state index is 0.401. The molecule has 0 saturated carbocycles. The molecule has 4 N–H and O–H groups in total. The van der Waals surface area contributed by atoms with Crippen LogP contribution in [0.15, 0.2) is 24.3 Å². The SMILES string of the molecule is NOCc1cccc(CON)c1. The Morgan fingerprint density at radius 2 is 1.50 bits per heavy atom. The van der Waals surface area contributed by atoms with E-state index in [0.29, 0.717) is 13.2 Å². The van der Waals surface area contributed by atoms with Crippen molar-refractivity contribution in [1.29, 1.82) is 0 Å². The molecular weight excluding hydrogens is 156 g/mol. The fourth-order valence-corrected chi connectivity index (χ4v) is 1.00. The Labute approximate surface area is 71.0 Å². The monoisotopic (exact) mass is 168 g/mol. The second-order valence-electron chi connectivity index (χ2n) is 2.44. The molecule has 66 valence electrons. The Morgan fingerprint density at radius 3 is 1.92 bits per heavy atom. The van der Waals surface area contributed by atoms with Crippen LogP contribution in [0, 0.1) is 0 Å². The van der Waals surface area contributed by atoms with Crippen molar-refractivity contribution in [2.75, 3.05) is 0 Å². The molecule has 1 aromatic carbocycles. The van der Waals surface area contributed by atoms with Crippen LogP contribution >= 0.6 is 0 Å². The zero-order chi connectivity index (χ0) is 8.81. The van der Waals surface area contributed by atoms with Crippen molar-refractivity contribution in [2.45, 2.75) is 13.2 Å². The molecule has 0 unspecified atom stereocenters. The molecule has 0 spiro atoms. The molecule has 0 atom stereocenters. The lowest BCUT2D eigenvalue weighted by Crippen LogP contribution is -2.01. The average Bonchev–Trinajstić information content (AvgIpc) is 2.06. The molecule has 4 heteroatoms. The summed E-state index contributed by atoms with van der Waals surface area (Å²) in [4.78, 5) is 8.98. The van der Waals surface area contributed by atoms with E-state index in [1.54, 1.807) is 0 Å². The Hall–Kier alpha value is -0.940. The first-order valence-corrected chi connectivity index (χ1v) is 3.58. The summed E-state index contributed by atoms with van der Waals surface area (Å²) >= 11 is 0. The van der Waals surface area contributed by atoms with Crippen LogP contribution < -0.4 is 11.8 Å². The second kappa shape index (κ2) is 4.84. The zero-order valence-electron chi connectivity index (χ0n) is 6.69. The maximum absolute atomic E-state index is 4.93. The van der Waals surface area contributed by atoms with E-state index in [-0.39, 0.29) is 0 Å². The van der Waals surface area contributed by atoms with Crippen LogP contribution in [0.4, 0.5) is 0 Å². The molecule has 0 amide bonds. The van der Waals surface area contributed by atoms with E-state index < -0.39 is 0 Å².